The molecule has 0 aromatic carbocycles. The Kier molecular flexibility index (Phi) is 5.56. The Morgan fingerprint density at radius 1 is 1.21 bits per heavy atom. The average molecular weight is 357 g/mol. The van der Waals surface area contributed by atoms with Gasteiger partial charge in [0.2, 0.25) is 5.90 Å². The number of hydrogen-bond donors (Lipinski definition) is 0. The molecular formula is C18H36N2O3Si. The summed E-state index contributed by atoms with van der Waals surface area (Å²) in [6.07, 6.45) is -0.623. The van der Waals surface area contributed by atoms with Gasteiger partial charge >= 0.3 is 6.09 Å². The number of ether oxygens (including phenoxy) is 2. The molecule has 0 aliphatic carbocycles. The van der Waals surface area contributed by atoms with Crippen LogP contribution in [-0.2, 0) is 9.47 Å². The van der Waals surface area contributed by atoms with Crippen molar-refractivity contribution in [1.29, 1.82) is 0 Å². The van der Waals surface area contributed by atoms with E-state index in [0.717, 1.165) is 6.04 Å². The van der Waals surface area contributed by atoms with Gasteiger partial charge in [-0.1, -0.05) is 40.4 Å². The Morgan fingerprint density at radius 3 is 2.04 bits per heavy atom. The van der Waals surface area contributed by atoms with Crippen molar-refractivity contribution in [3.8, 4) is 0 Å². The van der Waals surface area contributed by atoms with Crippen molar-refractivity contribution < 1.29 is 14.3 Å². The van der Waals surface area contributed by atoms with E-state index in [1.807, 2.05) is 25.7 Å². The van der Waals surface area contributed by atoms with Crippen molar-refractivity contribution in [1.82, 2.24) is 4.90 Å². The highest BCUT2D eigenvalue weighted by Gasteiger charge is 2.55. The molecule has 1 amide bonds. The number of rotatable bonds is 2. The quantitative estimate of drug-likeness (QED) is 0.671. The van der Waals surface area contributed by atoms with Crippen molar-refractivity contribution in [3.05, 3.63) is 0 Å². The maximum Gasteiger partial charge on any atom is 0.412 e. The Bertz CT molecular complexity index is 512. The van der Waals surface area contributed by atoms with Gasteiger partial charge in [-0.15, -0.1) is 0 Å². The SMILES string of the molecule is COC1=N[C@H](C(C)(C)C)N(C(=O)OC(C)(C)C)[C@@]1(C)C[Si](C)(C)C. The first kappa shape index (κ1) is 21.0. The maximum absolute atomic E-state index is 13.1. The van der Waals surface area contributed by atoms with E-state index in [1.54, 1.807) is 7.11 Å². The first-order chi connectivity index (χ1) is 10.5. The molecule has 1 aliphatic rings. The van der Waals surface area contributed by atoms with Gasteiger partial charge in [0, 0.05) is 13.5 Å². The highest BCUT2D eigenvalue weighted by Crippen LogP contribution is 2.42. The van der Waals surface area contributed by atoms with Crippen molar-refractivity contribution in [2.75, 3.05) is 7.11 Å². The minimum absolute atomic E-state index is 0.210. The predicted octanol–water partition coefficient (Wildman–Crippen LogP) is 4.75. The van der Waals surface area contributed by atoms with Gasteiger partial charge in [-0.2, -0.15) is 0 Å². The molecule has 0 fully saturated rings. The Hall–Kier alpha value is -1.04. The monoisotopic (exact) mass is 356 g/mol. The van der Waals surface area contributed by atoms with Crippen molar-refractivity contribution >= 4 is 20.1 Å². The normalized spacial score (nSPS) is 25.5. The Balaban J connectivity index is 3.40. The molecule has 1 aliphatic heterocycles. The minimum Gasteiger partial charge on any atom is -0.483 e. The van der Waals surface area contributed by atoms with E-state index < -0.39 is 19.2 Å². The fourth-order valence-electron chi connectivity index (χ4n) is 3.34. The van der Waals surface area contributed by atoms with Crippen molar-refractivity contribution in [3.63, 3.8) is 0 Å². The Morgan fingerprint density at radius 2 is 1.71 bits per heavy atom. The molecular weight excluding hydrogens is 320 g/mol. The van der Waals surface area contributed by atoms with Crippen LogP contribution < -0.4 is 0 Å². The second-order valence-corrected chi connectivity index (χ2v) is 15.7. The van der Waals surface area contributed by atoms with Crippen LogP contribution in [0.2, 0.25) is 25.7 Å². The summed E-state index contributed by atoms with van der Waals surface area (Å²) in [5, 5.41) is 0. The molecule has 2 atom stereocenters. The number of amides is 1. The topological polar surface area (TPSA) is 51.1 Å². The molecule has 24 heavy (non-hydrogen) atoms. The van der Waals surface area contributed by atoms with Crippen LogP contribution in [0.15, 0.2) is 4.99 Å². The number of nitrogens with zero attached hydrogens (tertiary/aromatic N) is 2. The molecule has 140 valence electrons. The van der Waals surface area contributed by atoms with Gasteiger partial charge in [0.1, 0.15) is 17.3 Å². The zero-order valence-electron chi connectivity index (χ0n) is 17.4. The first-order valence-electron chi connectivity index (χ1n) is 8.66. The maximum atomic E-state index is 13.1. The lowest BCUT2D eigenvalue weighted by molar-refractivity contribution is -0.00931. The molecule has 0 spiro atoms. The van der Waals surface area contributed by atoms with Gasteiger partial charge in [0.15, 0.2) is 0 Å². The molecule has 0 saturated heterocycles. The van der Waals surface area contributed by atoms with E-state index in [9.17, 15) is 4.79 Å². The highest BCUT2D eigenvalue weighted by molar-refractivity contribution is 6.76. The lowest BCUT2D eigenvalue weighted by Crippen LogP contribution is -2.59. The number of carbonyl (C=O) groups excluding carboxylic acids is 1. The molecule has 0 bridgehead atoms. The summed E-state index contributed by atoms with van der Waals surface area (Å²) in [4.78, 5) is 19.7. The molecule has 6 heteroatoms. The third-order valence-electron chi connectivity index (χ3n) is 3.91. The van der Waals surface area contributed by atoms with Crippen molar-refractivity contribution in [2.45, 2.75) is 91.5 Å². The Labute approximate surface area is 148 Å². The van der Waals surface area contributed by atoms with Gasteiger partial charge < -0.3 is 9.47 Å². The zero-order valence-corrected chi connectivity index (χ0v) is 18.4. The second-order valence-electron chi connectivity index (χ2n) is 10.2. The third-order valence-corrected chi connectivity index (χ3v) is 5.66. The highest BCUT2D eigenvalue weighted by atomic mass is 28.3. The molecule has 0 aromatic rings. The van der Waals surface area contributed by atoms with E-state index in [1.165, 1.54) is 0 Å². The summed E-state index contributed by atoms with van der Waals surface area (Å²) < 4.78 is 11.4. The number of hydrogen-bond acceptors (Lipinski definition) is 4. The molecule has 0 saturated carbocycles. The fraction of sp³-hybridized carbons (Fsp3) is 0.889. The van der Waals surface area contributed by atoms with Crippen LogP contribution in [0.5, 0.6) is 0 Å². The smallest absolute Gasteiger partial charge is 0.412 e. The van der Waals surface area contributed by atoms with E-state index >= 15 is 0 Å². The summed E-state index contributed by atoms with van der Waals surface area (Å²) in [7, 11) is 0.141. The molecule has 0 radical (unpaired) electrons. The average Bonchev–Trinajstić information content (AvgIpc) is 2.56. The molecule has 0 aromatic heterocycles. The van der Waals surface area contributed by atoms with E-state index in [2.05, 4.69) is 47.3 Å². The molecule has 5 nitrogen and oxygen atoms in total. The van der Waals surface area contributed by atoms with Gasteiger partial charge in [-0.05, 0) is 33.7 Å². The van der Waals surface area contributed by atoms with Crippen LogP contribution in [0.25, 0.3) is 0 Å². The van der Waals surface area contributed by atoms with Gasteiger partial charge in [-0.25, -0.2) is 9.79 Å². The van der Waals surface area contributed by atoms with Crippen molar-refractivity contribution in [2.24, 2.45) is 10.4 Å². The largest absolute Gasteiger partial charge is 0.483 e. The van der Waals surface area contributed by atoms with Crippen LogP contribution in [0.1, 0.15) is 48.5 Å². The summed E-state index contributed by atoms with van der Waals surface area (Å²) in [5.41, 5.74) is -1.33. The predicted molar refractivity (Wildman–Crippen MR) is 102 cm³/mol. The zero-order chi connectivity index (χ0) is 19.1. The fourth-order valence-corrected chi connectivity index (χ4v) is 5.73. The van der Waals surface area contributed by atoms with Crippen LogP contribution in [0, 0.1) is 5.41 Å². The lowest BCUT2D eigenvalue weighted by Gasteiger charge is -2.43. The van der Waals surface area contributed by atoms with E-state index in [0.29, 0.717) is 5.90 Å². The number of methoxy groups -OCH3 is 1. The van der Waals surface area contributed by atoms with Crippen LogP contribution in [-0.4, -0.2) is 49.4 Å². The standard InChI is InChI=1S/C18H36N2O3Si/c1-16(2,3)13-19-14(22-8)18(7,12-24(9,10)11)20(13)15(21)23-17(4,5)6/h13H,12H2,1-11H3/t13-,18-/m0/s1. The van der Waals surface area contributed by atoms with Crippen LogP contribution >= 0.6 is 0 Å². The van der Waals surface area contributed by atoms with Gasteiger partial charge in [-0.3, -0.25) is 4.90 Å². The molecule has 0 N–H and O–H groups in total. The second kappa shape index (κ2) is 6.35. The van der Waals surface area contributed by atoms with Gasteiger partial charge in [0.25, 0.3) is 0 Å². The van der Waals surface area contributed by atoms with E-state index in [-0.39, 0.29) is 17.7 Å². The van der Waals surface area contributed by atoms with E-state index in [4.69, 9.17) is 14.5 Å². The minimum atomic E-state index is -1.50. The summed E-state index contributed by atoms with van der Waals surface area (Å²) in [6, 6.07) is 0.874. The summed E-state index contributed by atoms with van der Waals surface area (Å²) >= 11 is 0. The summed E-state index contributed by atoms with van der Waals surface area (Å²) in [6.45, 7) is 20.9. The number of carbonyl (C=O) groups is 1. The van der Waals surface area contributed by atoms with Crippen LogP contribution in [0.4, 0.5) is 4.79 Å². The lowest BCUT2D eigenvalue weighted by atomic mass is 9.90. The van der Waals surface area contributed by atoms with Gasteiger partial charge in [0.05, 0.1) is 7.11 Å². The third kappa shape index (κ3) is 4.74. The molecule has 1 rings (SSSR count). The molecule has 0 unspecified atom stereocenters. The number of aliphatic imine (C=N–C) groups is 1. The molecule has 1 heterocycles. The summed E-state index contributed by atoms with van der Waals surface area (Å²) in [5.74, 6) is 0.635. The van der Waals surface area contributed by atoms with Crippen LogP contribution in [0.3, 0.4) is 0 Å². The first-order valence-corrected chi connectivity index (χ1v) is 12.4.